The Morgan fingerprint density at radius 3 is 2.50 bits per heavy atom. The van der Waals surface area contributed by atoms with Gasteiger partial charge in [-0.1, -0.05) is 6.92 Å². The van der Waals surface area contributed by atoms with Crippen LogP contribution < -0.4 is 0 Å². The van der Waals surface area contributed by atoms with Crippen molar-refractivity contribution in [3.8, 4) is 0 Å². The Kier molecular flexibility index (Phi) is 5.84. The minimum atomic E-state index is -0.478. The maximum absolute atomic E-state index is 11.4. The Hall–Kier alpha value is 0.170. The average molecular weight is 208 g/mol. The Labute approximate surface area is 83.8 Å². The van der Waals surface area contributed by atoms with Crippen LogP contribution in [0.15, 0.2) is 0 Å². The van der Waals surface area contributed by atoms with Gasteiger partial charge in [0.2, 0.25) is 0 Å². The summed E-state index contributed by atoms with van der Waals surface area (Å²) in [6.45, 7) is 6.14. The summed E-state index contributed by atoms with van der Waals surface area (Å²) in [5, 5.41) is 0. The highest BCUT2D eigenvalue weighted by Gasteiger charge is 2.33. The van der Waals surface area contributed by atoms with E-state index in [2.05, 4.69) is 12.6 Å². The lowest BCUT2D eigenvalue weighted by atomic mass is 10.2. The summed E-state index contributed by atoms with van der Waals surface area (Å²) in [6, 6.07) is 0. The molecule has 0 aliphatic heterocycles. The Balaban J connectivity index is 4.18. The van der Waals surface area contributed by atoms with Crippen molar-refractivity contribution in [1.29, 1.82) is 0 Å². The highest BCUT2D eigenvalue weighted by Crippen LogP contribution is 2.27. The van der Waals surface area contributed by atoms with E-state index in [4.69, 9.17) is 4.74 Å². The number of rotatable bonds is 5. The second-order valence-electron chi connectivity index (χ2n) is 2.54. The molecule has 0 aromatic rings. The van der Waals surface area contributed by atoms with Crippen LogP contribution in [0.5, 0.6) is 0 Å². The largest absolute Gasteiger partial charge is 0.465 e. The number of carbonyl (C=O) groups is 1. The van der Waals surface area contributed by atoms with Gasteiger partial charge in [-0.25, -0.2) is 0 Å². The van der Waals surface area contributed by atoms with Gasteiger partial charge >= 0.3 is 5.97 Å². The molecule has 1 unspecified atom stereocenters. The van der Waals surface area contributed by atoms with Crippen molar-refractivity contribution < 1.29 is 9.53 Å². The SMILES string of the molecule is CCOC(=O)C(C)(CS)SCC. The molecule has 0 bridgehead atoms. The van der Waals surface area contributed by atoms with Gasteiger partial charge in [-0.2, -0.15) is 12.6 Å². The zero-order valence-electron chi connectivity index (χ0n) is 7.79. The van der Waals surface area contributed by atoms with E-state index in [1.165, 1.54) is 0 Å². The third-order valence-electron chi connectivity index (χ3n) is 1.47. The van der Waals surface area contributed by atoms with E-state index in [1.807, 2.05) is 20.8 Å². The number of carbonyl (C=O) groups excluding carboxylic acids is 1. The first kappa shape index (κ1) is 12.2. The summed E-state index contributed by atoms with van der Waals surface area (Å²) in [6.07, 6.45) is 0. The molecule has 72 valence electrons. The van der Waals surface area contributed by atoms with E-state index < -0.39 is 4.75 Å². The molecule has 12 heavy (non-hydrogen) atoms. The molecule has 0 aliphatic carbocycles. The van der Waals surface area contributed by atoms with Crippen molar-refractivity contribution in [2.24, 2.45) is 0 Å². The van der Waals surface area contributed by atoms with Gasteiger partial charge in [0.15, 0.2) is 0 Å². The monoisotopic (exact) mass is 208 g/mol. The normalized spacial score (nSPS) is 15.3. The third-order valence-corrected chi connectivity index (χ3v) is 3.56. The quantitative estimate of drug-likeness (QED) is 0.553. The fourth-order valence-corrected chi connectivity index (χ4v) is 2.08. The van der Waals surface area contributed by atoms with Gasteiger partial charge in [-0.15, -0.1) is 11.8 Å². The molecule has 0 amide bonds. The van der Waals surface area contributed by atoms with E-state index >= 15 is 0 Å². The summed E-state index contributed by atoms with van der Waals surface area (Å²) in [4.78, 5) is 11.4. The minimum absolute atomic E-state index is 0.160. The lowest BCUT2D eigenvalue weighted by molar-refractivity contribution is -0.144. The van der Waals surface area contributed by atoms with Gasteiger partial charge in [-0.3, -0.25) is 4.79 Å². The lowest BCUT2D eigenvalue weighted by Crippen LogP contribution is -2.35. The molecule has 0 saturated heterocycles. The minimum Gasteiger partial charge on any atom is -0.465 e. The van der Waals surface area contributed by atoms with E-state index in [0.717, 1.165) is 5.75 Å². The molecular formula is C8H16O2S2. The standard InChI is InChI=1S/C8H16O2S2/c1-4-10-7(9)8(3,6-11)12-5-2/h11H,4-6H2,1-3H3. The Morgan fingerprint density at radius 1 is 1.58 bits per heavy atom. The van der Waals surface area contributed by atoms with Gasteiger partial charge in [0.25, 0.3) is 0 Å². The first-order valence-electron chi connectivity index (χ1n) is 4.02. The zero-order chi connectivity index (χ0) is 9.61. The number of esters is 1. The van der Waals surface area contributed by atoms with Gasteiger partial charge in [0, 0.05) is 5.75 Å². The number of ether oxygens (including phenoxy) is 1. The van der Waals surface area contributed by atoms with Crippen molar-refractivity contribution in [1.82, 2.24) is 0 Å². The number of thiol groups is 1. The third kappa shape index (κ3) is 3.27. The van der Waals surface area contributed by atoms with Crippen LogP contribution in [0.1, 0.15) is 20.8 Å². The molecule has 2 nitrogen and oxygen atoms in total. The van der Waals surface area contributed by atoms with Crippen molar-refractivity contribution in [3.05, 3.63) is 0 Å². The molecule has 0 spiro atoms. The van der Waals surface area contributed by atoms with E-state index in [-0.39, 0.29) is 5.97 Å². The summed E-state index contributed by atoms with van der Waals surface area (Å²) in [5.74, 6) is 1.26. The second kappa shape index (κ2) is 5.75. The van der Waals surface area contributed by atoms with Gasteiger partial charge in [0.05, 0.1) is 6.61 Å². The molecule has 0 aromatic heterocycles. The van der Waals surface area contributed by atoms with Gasteiger partial charge in [0.1, 0.15) is 4.75 Å². The first-order chi connectivity index (χ1) is 5.60. The Bertz CT molecular complexity index is 150. The Morgan fingerprint density at radius 2 is 2.17 bits per heavy atom. The fourth-order valence-electron chi connectivity index (χ4n) is 0.771. The van der Waals surface area contributed by atoms with Crippen LogP contribution in [0.4, 0.5) is 0 Å². The summed E-state index contributed by atoms with van der Waals surface area (Å²) >= 11 is 5.72. The maximum Gasteiger partial charge on any atom is 0.322 e. The smallest absolute Gasteiger partial charge is 0.322 e. The fraction of sp³-hybridized carbons (Fsp3) is 0.875. The summed E-state index contributed by atoms with van der Waals surface area (Å²) in [5.41, 5.74) is 0. The van der Waals surface area contributed by atoms with Crippen LogP contribution in [-0.4, -0.2) is 28.8 Å². The molecule has 4 heteroatoms. The average Bonchev–Trinajstić information content (AvgIpc) is 2.05. The number of thioether (sulfide) groups is 1. The maximum atomic E-state index is 11.4. The van der Waals surface area contributed by atoms with Crippen LogP contribution in [0.25, 0.3) is 0 Å². The highest BCUT2D eigenvalue weighted by molar-refractivity contribution is 8.02. The molecular weight excluding hydrogens is 192 g/mol. The van der Waals surface area contributed by atoms with Crippen LogP contribution in [-0.2, 0) is 9.53 Å². The van der Waals surface area contributed by atoms with Crippen LogP contribution in [0, 0.1) is 0 Å². The number of hydrogen-bond acceptors (Lipinski definition) is 4. The summed E-state index contributed by atoms with van der Waals surface area (Å²) in [7, 11) is 0. The second-order valence-corrected chi connectivity index (χ2v) is 4.63. The predicted molar refractivity (Wildman–Crippen MR) is 57.0 cm³/mol. The molecule has 0 aliphatic rings. The first-order valence-corrected chi connectivity index (χ1v) is 5.64. The van der Waals surface area contributed by atoms with Gasteiger partial charge < -0.3 is 4.74 Å². The van der Waals surface area contributed by atoms with Crippen LogP contribution in [0.2, 0.25) is 0 Å². The molecule has 1 atom stereocenters. The van der Waals surface area contributed by atoms with Crippen molar-refractivity contribution in [2.75, 3.05) is 18.1 Å². The lowest BCUT2D eigenvalue weighted by Gasteiger charge is -2.23. The highest BCUT2D eigenvalue weighted by atomic mass is 32.2. The van der Waals surface area contributed by atoms with Crippen molar-refractivity contribution >= 4 is 30.4 Å². The van der Waals surface area contributed by atoms with Crippen LogP contribution in [0.3, 0.4) is 0 Å². The van der Waals surface area contributed by atoms with Crippen molar-refractivity contribution in [2.45, 2.75) is 25.5 Å². The van der Waals surface area contributed by atoms with E-state index in [1.54, 1.807) is 11.8 Å². The van der Waals surface area contributed by atoms with E-state index in [9.17, 15) is 4.79 Å². The van der Waals surface area contributed by atoms with Crippen LogP contribution >= 0.6 is 24.4 Å². The molecule has 0 saturated carbocycles. The molecule has 0 radical (unpaired) electrons. The molecule has 0 N–H and O–H groups in total. The molecule has 0 rings (SSSR count). The molecule has 0 aromatic carbocycles. The van der Waals surface area contributed by atoms with E-state index in [0.29, 0.717) is 12.4 Å². The molecule has 0 heterocycles. The predicted octanol–water partition coefficient (Wildman–Crippen LogP) is 1.99. The number of hydrogen-bond donors (Lipinski definition) is 1. The topological polar surface area (TPSA) is 26.3 Å². The van der Waals surface area contributed by atoms with Crippen molar-refractivity contribution in [3.63, 3.8) is 0 Å². The molecule has 0 fully saturated rings. The van der Waals surface area contributed by atoms with Gasteiger partial charge in [-0.05, 0) is 19.6 Å². The zero-order valence-corrected chi connectivity index (χ0v) is 9.50. The summed E-state index contributed by atoms with van der Waals surface area (Å²) < 4.78 is 4.46.